The van der Waals surface area contributed by atoms with Gasteiger partial charge in [-0.1, -0.05) is 24.3 Å². The van der Waals surface area contributed by atoms with Crippen LogP contribution >= 0.6 is 0 Å². The fourth-order valence-corrected chi connectivity index (χ4v) is 3.66. The summed E-state index contributed by atoms with van der Waals surface area (Å²) in [6.07, 6.45) is 0. The third-order valence-corrected chi connectivity index (χ3v) is 5.04. The molecular weight excluding hydrogens is 337 g/mol. The monoisotopic (exact) mass is 359 g/mol. The Kier molecular flexibility index (Phi) is 4.40. The van der Waals surface area contributed by atoms with Crippen LogP contribution in [-0.4, -0.2) is 18.1 Å². The summed E-state index contributed by atoms with van der Waals surface area (Å²) in [7, 11) is 0. The fourth-order valence-electron chi connectivity index (χ4n) is 3.66. The van der Waals surface area contributed by atoms with Gasteiger partial charge in [-0.15, -0.1) is 0 Å². The number of nitrogens with zero attached hydrogens (tertiary/aromatic N) is 2. The molecule has 0 saturated carbocycles. The number of halogens is 1. The van der Waals surface area contributed by atoms with Gasteiger partial charge in [0.2, 0.25) is 0 Å². The Morgan fingerprint density at radius 2 is 1.48 bits per heavy atom. The maximum atomic E-state index is 13.5. The second-order valence-electron chi connectivity index (χ2n) is 6.64. The lowest BCUT2D eigenvalue weighted by Crippen LogP contribution is -2.21. The average Bonchev–Trinajstić information content (AvgIpc) is 2.67. The third-order valence-electron chi connectivity index (χ3n) is 5.04. The molecule has 4 heteroatoms. The zero-order chi connectivity index (χ0) is 19.0. The van der Waals surface area contributed by atoms with Crippen molar-refractivity contribution in [2.45, 2.75) is 13.8 Å². The van der Waals surface area contributed by atoms with E-state index in [0.717, 1.165) is 51.7 Å². The van der Waals surface area contributed by atoms with Crippen molar-refractivity contribution in [1.29, 1.82) is 0 Å². The number of nitrogens with two attached hydrogens (primary N) is 1. The molecule has 3 aromatic carbocycles. The number of nitrogen functional groups attached to an aromatic ring is 1. The lowest BCUT2D eigenvalue weighted by Gasteiger charge is -2.22. The van der Waals surface area contributed by atoms with Crippen molar-refractivity contribution in [1.82, 2.24) is 4.98 Å². The summed E-state index contributed by atoms with van der Waals surface area (Å²) in [6, 6.07) is 18.8. The van der Waals surface area contributed by atoms with Gasteiger partial charge in [-0.2, -0.15) is 0 Å². The van der Waals surface area contributed by atoms with Gasteiger partial charge in [0.15, 0.2) is 0 Å². The van der Waals surface area contributed by atoms with Crippen molar-refractivity contribution < 1.29 is 4.39 Å². The molecule has 4 rings (SSSR count). The standard InChI is InChI=1S/C23H22FN3/c1-3-27(4-2)18-10-12-20-22(14-18)26-21-13-17(25)9-11-19(21)23(20)15-5-7-16(24)8-6-15/h5-14H,3-4,25H2,1-2H3. The Bertz CT molecular complexity index is 1120. The summed E-state index contributed by atoms with van der Waals surface area (Å²) < 4.78 is 13.5. The van der Waals surface area contributed by atoms with Crippen LogP contribution in [0.15, 0.2) is 60.7 Å². The first-order valence-corrected chi connectivity index (χ1v) is 9.24. The quantitative estimate of drug-likeness (QED) is 0.380. The summed E-state index contributed by atoms with van der Waals surface area (Å²) >= 11 is 0. The molecule has 0 aliphatic heterocycles. The van der Waals surface area contributed by atoms with Crippen LogP contribution in [-0.2, 0) is 0 Å². The maximum Gasteiger partial charge on any atom is 0.123 e. The number of anilines is 2. The molecule has 0 fully saturated rings. The SMILES string of the molecule is CCN(CC)c1ccc2c(-c3ccc(F)cc3)c3ccc(N)cc3nc2c1. The first-order chi connectivity index (χ1) is 13.1. The lowest BCUT2D eigenvalue weighted by molar-refractivity contribution is 0.628. The molecule has 0 spiro atoms. The molecule has 0 radical (unpaired) electrons. The first-order valence-electron chi connectivity index (χ1n) is 9.24. The van der Waals surface area contributed by atoms with Crippen LogP contribution in [0.5, 0.6) is 0 Å². The molecule has 0 aliphatic carbocycles. The lowest BCUT2D eigenvalue weighted by atomic mass is 9.95. The second kappa shape index (κ2) is 6.88. The van der Waals surface area contributed by atoms with Gasteiger partial charge < -0.3 is 10.6 Å². The fraction of sp³-hybridized carbons (Fsp3) is 0.174. The molecular formula is C23H22FN3. The van der Waals surface area contributed by atoms with Crippen molar-refractivity contribution in [2.75, 3.05) is 23.7 Å². The Morgan fingerprint density at radius 3 is 2.15 bits per heavy atom. The van der Waals surface area contributed by atoms with E-state index in [4.69, 9.17) is 10.7 Å². The van der Waals surface area contributed by atoms with Crippen LogP contribution < -0.4 is 10.6 Å². The smallest absolute Gasteiger partial charge is 0.123 e. The molecule has 0 aliphatic rings. The Morgan fingerprint density at radius 1 is 0.852 bits per heavy atom. The number of fused-ring (bicyclic) bond motifs is 2. The maximum absolute atomic E-state index is 13.5. The summed E-state index contributed by atoms with van der Waals surface area (Å²) in [4.78, 5) is 7.17. The molecule has 1 aromatic heterocycles. The normalized spacial score (nSPS) is 11.2. The number of benzene rings is 3. The molecule has 0 atom stereocenters. The number of hydrogen-bond donors (Lipinski definition) is 1. The van der Waals surface area contributed by atoms with Gasteiger partial charge in [-0.05, 0) is 55.8 Å². The van der Waals surface area contributed by atoms with Gasteiger partial charge in [0, 0.05) is 40.8 Å². The van der Waals surface area contributed by atoms with E-state index in [2.05, 4.69) is 36.9 Å². The van der Waals surface area contributed by atoms with Gasteiger partial charge in [-0.25, -0.2) is 9.37 Å². The zero-order valence-electron chi connectivity index (χ0n) is 15.5. The molecule has 0 bridgehead atoms. The van der Waals surface area contributed by atoms with Gasteiger partial charge in [-0.3, -0.25) is 0 Å². The predicted octanol–water partition coefficient (Wildman–Crippen LogP) is 5.62. The molecule has 2 N–H and O–H groups in total. The van der Waals surface area contributed by atoms with Crippen molar-refractivity contribution in [2.24, 2.45) is 0 Å². The van der Waals surface area contributed by atoms with E-state index in [1.165, 1.54) is 12.1 Å². The van der Waals surface area contributed by atoms with Gasteiger partial charge in [0.25, 0.3) is 0 Å². The van der Waals surface area contributed by atoms with Crippen LogP contribution in [0.4, 0.5) is 15.8 Å². The Labute approximate surface area is 158 Å². The highest BCUT2D eigenvalue weighted by Crippen LogP contribution is 2.36. The van der Waals surface area contributed by atoms with Gasteiger partial charge in [0.1, 0.15) is 5.82 Å². The highest BCUT2D eigenvalue weighted by atomic mass is 19.1. The van der Waals surface area contributed by atoms with E-state index in [0.29, 0.717) is 5.69 Å². The van der Waals surface area contributed by atoms with Crippen molar-refractivity contribution in [3.05, 3.63) is 66.5 Å². The van der Waals surface area contributed by atoms with Crippen LogP contribution in [0.2, 0.25) is 0 Å². The number of aromatic nitrogens is 1. The highest BCUT2D eigenvalue weighted by Gasteiger charge is 2.13. The van der Waals surface area contributed by atoms with Crippen LogP contribution in [0.25, 0.3) is 32.9 Å². The van der Waals surface area contributed by atoms with Crippen LogP contribution in [0.1, 0.15) is 13.8 Å². The largest absolute Gasteiger partial charge is 0.399 e. The van der Waals surface area contributed by atoms with E-state index in [-0.39, 0.29) is 5.82 Å². The topological polar surface area (TPSA) is 42.1 Å². The molecule has 3 nitrogen and oxygen atoms in total. The average molecular weight is 359 g/mol. The number of pyridine rings is 1. The minimum Gasteiger partial charge on any atom is -0.399 e. The molecule has 27 heavy (non-hydrogen) atoms. The van der Waals surface area contributed by atoms with Crippen molar-refractivity contribution >= 4 is 33.2 Å². The Hall–Kier alpha value is -3.14. The number of hydrogen-bond acceptors (Lipinski definition) is 3. The molecule has 0 unspecified atom stereocenters. The Balaban J connectivity index is 2.06. The molecule has 136 valence electrons. The van der Waals surface area contributed by atoms with E-state index < -0.39 is 0 Å². The van der Waals surface area contributed by atoms with Crippen LogP contribution in [0.3, 0.4) is 0 Å². The highest BCUT2D eigenvalue weighted by molar-refractivity contribution is 6.10. The predicted molar refractivity (Wildman–Crippen MR) is 113 cm³/mol. The second-order valence-corrected chi connectivity index (χ2v) is 6.64. The summed E-state index contributed by atoms with van der Waals surface area (Å²) in [6.45, 7) is 6.17. The third kappa shape index (κ3) is 3.08. The van der Waals surface area contributed by atoms with Gasteiger partial charge in [0.05, 0.1) is 11.0 Å². The summed E-state index contributed by atoms with van der Waals surface area (Å²) in [5.41, 5.74) is 11.6. The summed E-state index contributed by atoms with van der Waals surface area (Å²) in [5, 5.41) is 2.06. The molecule has 0 amide bonds. The van der Waals surface area contributed by atoms with E-state index in [9.17, 15) is 4.39 Å². The summed E-state index contributed by atoms with van der Waals surface area (Å²) in [5.74, 6) is -0.241. The molecule has 1 heterocycles. The molecule has 0 saturated heterocycles. The van der Waals surface area contributed by atoms with Gasteiger partial charge >= 0.3 is 0 Å². The van der Waals surface area contributed by atoms with Crippen molar-refractivity contribution in [3.63, 3.8) is 0 Å². The van der Waals surface area contributed by atoms with E-state index in [1.807, 2.05) is 30.3 Å². The van der Waals surface area contributed by atoms with Crippen LogP contribution in [0, 0.1) is 5.82 Å². The van der Waals surface area contributed by atoms with E-state index in [1.54, 1.807) is 0 Å². The van der Waals surface area contributed by atoms with E-state index >= 15 is 0 Å². The minimum absolute atomic E-state index is 0.241. The molecule has 4 aromatic rings. The first kappa shape index (κ1) is 17.3. The number of rotatable bonds is 4. The minimum atomic E-state index is -0.241. The van der Waals surface area contributed by atoms with Crippen molar-refractivity contribution in [3.8, 4) is 11.1 Å². The zero-order valence-corrected chi connectivity index (χ0v) is 15.5.